The highest BCUT2D eigenvalue weighted by Gasteiger charge is 2.35. The van der Waals surface area contributed by atoms with Gasteiger partial charge in [-0.05, 0) is 31.2 Å². The van der Waals surface area contributed by atoms with Crippen LogP contribution in [0.5, 0.6) is 5.75 Å². The van der Waals surface area contributed by atoms with E-state index in [0.29, 0.717) is 6.61 Å². The van der Waals surface area contributed by atoms with Crippen LogP contribution in [0.4, 0.5) is 5.69 Å². The molecule has 1 aliphatic rings. The van der Waals surface area contributed by atoms with Crippen LogP contribution >= 0.6 is 0 Å². The number of benzene rings is 2. The van der Waals surface area contributed by atoms with Gasteiger partial charge in [0.25, 0.3) is 0 Å². The highest BCUT2D eigenvalue weighted by atomic mass is 16.5. The number of piperazine rings is 1. The van der Waals surface area contributed by atoms with E-state index in [9.17, 15) is 4.79 Å². The minimum atomic E-state index is -0.255. The number of nitrogens with zero attached hydrogens (tertiary/aromatic N) is 1. The summed E-state index contributed by atoms with van der Waals surface area (Å²) in [5, 5.41) is 0. The molecule has 0 spiro atoms. The maximum atomic E-state index is 12.6. The molecular weight excluding hydrogens is 328 g/mol. The Balaban J connectivity index is 1.70. The molecule has 0 aromatic heterocycles. The first-order valence-corrected chi connectivity index (χ1v) is 9.18. The summed E-state index contributed by atoms with van der Waals surface area (Å²) >= 11 is 0. The van der Waals surface area contributed by atoms with Gasteiger partial charge in [0.1, 0.15) is 5.75 Å². The number of hydrogen-bond donors (Lipinski definition) is 1. The highest BCUT2D eigenvalue weighted by Crippen LogP contribution is 2.19. The Labute approximate surface area is 155 Å². The second-order valence-corrected chi connectivity index (χ2v) is 6.44. The Morgan fingerprint density at radius 1 is 1.08 bits per heavy atom. The Hall–Kier alpha value is -2.53. The molecule has 1 atom stereocenters. The lowest BCUT2D eigenvalue weighted by Gasteiger charge is -2.36. The summed E-state index contributed by atoms with van der Waals surface area (Å²) in [7, 11) is 1.68. The molecule has 1 N–H and O–H groups in total. The lowest BCUT2D eigenvalue weighted by Crippen LogP contribution is -3.16. The van der Waals surface area contributed by atoms with Crippen LogP contribution in [-0.4, -0.2) is 45.9 Å². The van der Waals surface area contributed by atoms with Gasteiger partial charge in [0, 0.05) is 11.3 Å². The molecule has 5 heteroatoms. The number of carbonyl (C=O) groups is 1. The molecule has 0 bridgehead atoms. The standard InChI is InChI=1S/C21H26N2O3/c1-3-26-21(24)20(17-7-5-4-6-8-17)23-15-13-22(14-16-23)18-9-11-19(25-2)12-10-18/h4-12,20H,3,13-16H2,1-2H3/p+1/t20-/m0/s1. The zero-order valence-corrected chi connectivity index (χ0v) is 15.5. The number of ether oxygens (including phenoxy) is 2. The van der Waals surface area contributed by atoms with Crippen molar-refractivity contribution in [3.05, 3.63) is 60.2 Å². The Morgan fingerprint density at radius 3 is 2.31 bits per heavy atom. The van der Waals surface area contributed by atoms with E-state index in [-0.39, 0.29) is 12.0 Å². The van der Waals surface area contributed by atoms with Gasteiger partial charge in [-0.25, -0.2) is 4.79 Å². The molecule has 2 aromatic carbocycles. The summed E-state index contributed by atoms with van der Waals surface area (Å²) in [5.41, 5.74) is 2.22. The van der Waals surface area contributed by atoms with Crippen LogP contribution in [0.3, 0.4) is 0 Å². The molecule has 1 aliphatic heterocycles. The topological polar surface area (TPSA) is 43.2 Å². The molecule has 26 heavy (non-hydrogen) atoms. The van der Waals surface area contributed by atoms with E-state index in [1.165, 1.54) is 10.6 Å². The average Bonchev–Trinajstić information content (AvgIpc) is 2.70. The number of rotatable bonds is 6. The molecule has 0 amide bonds. The zero-order valence-electron chi connectivity index (χ0n) is 15.5. The average molecular weight is 355 g/mol. The minimum absolute atomic E-state index is 0.133. The van der Waals surface area contributed by atoms with Crippen LogP contribution in [0.25, 0.3) is 0 Å². The summed E-state index contributed by atoms with van der Waals surface area (Å²) in [6.45, 7) is 5.87. The summed E-state index contributed by atoms with van der Waals surface area (Å²) in [6, 6.07) is 17.9. The van der Waals surface area contributed by atoms with Gasteiger partial charge < -0.3 is 19.3 Å². The predicted molar refractivity (Wildman–Crippen MR) is 102 cm³/mol. The zero-order chi connectivity index (χ0) is 18.4. The van der Waals surface area contributed by atoms with E-state index in [1.54, 1.807) is 7.11 Å². The van der Waals surface area contributed by atoms with E-state index in [1.807, 2.05) is 49.4 Å². The molecule has 2 aromatic rings. The van der Waals surface area contributed by atoms with Gasteiger partial charge in [0.2, 0.25) is 6.04 Å². The molecule has 0 radical (unpaired) electrons. The van der Waals surface area contributed by atoms with Crippen molar-refractivity contribution in [2.24, 2.45) is 0 Å². The minimum Gasteiger partial charge on any atom is -0.497 e. The number of anilines is 1. The van der Waals surface area contributed by atoms with E-state index < -0.39 is 0 Å². The number of carbonyl (C=O) groups excluding carboxylic acids is 1. The van der Waals surface area contributed by atoms with Gasteiger partial charge in [-0.15, -0.1) is 0 Å². The third-order valence-electron chi connectivity index (χ3n) is 4.91. The number of quaternary nitrogens is 1. The van der Waals surface area contributed by atoms with Crippen molar-refractivity contribution >= 4 is 11.7 Å². The second-order valence-electron chi connectivity index (χ2n) is 6.44. The van der Waals surface area contributed by atoms with Crippen LogP contribution in [0.1, 0.15) is 18.5 Å². The van der Waals surface area contributed by atoms with Crippen molar-refractivity contribution in [1.29, 1.82) is 0 Å². The van der Waals surface area contributed by atoms with Crippen molar-refractivity contribution in [2.75, 3.05) is 44.8 Å². The summed E-state index contributed by atoms with van der Waals surface area (Å²) in [4.78, 5) is 16.2. The second kappa shape index (κ2) is 8.72. The third-order valence-corrected chi connectivity index (χ3v) is 4.91. The Bertz CT molecular complexity index is 695. The molecule has 0 saturated carbocycles. The SMILES string of the molecule is CCOC(=O)[C@H](c1ccccc1)[NH+]1CCN(c2ccc(OC)cc2)CC1. The summed E-state index contributed by atoms with van der Waals surface area (Å²) < 4.78 is 10.6. The van der Waals surface area contributed by atoms with Crippen LogP contribution in [0.2, 0.25) is 0 Å². The van der Waals surface area contributed by atoms with E-state index in [2.05, 4.69) is 17.0 Å². The fraction of sp³-hybridized carbons (Fsp3) is 0.381. The number of methoxy groups -OCH3 is 1. The Kier molecular flexibility index (Phi) is 6.12. The van der Waals surface area contributed by atoms with Gasteiger partial charge in [-0.1, -0.05) is 30.3 Å². The first-order chi connectivity index (χ1) is 12.7. The van der Waals surface area contributed by atoms with Crippen LogP contribution < -0.4 is 14.5 Å². The first-order valence-electron chi connectivity index (χ1n) is 9.18. The molecule has 5 nitrogen and oxygen atoms in total. The summed E-state index contributed by atoms with van der Waals surface area (Å²) in [6.07, 6.45) is 0. The molecule has 1 saturated heterocycles. The van der Waals surface area contributed by atoms with Gasteiger partial charge in [0.05, 0.1) is 39.9 Å². The van der Waals surface area contributed by atoms with Crippen LogP contribution in [0, 0.1) is 0 Å². The maximum absolute atomic E-state index is 12.6. The van der Waals surface area contributed by atoms with Crippen LogP contribution in [0.15, 0.2) is 54.6 Å². The monoisotopic (exact) mass is 355 g/mol. The van der Waals surface area contributed by atoms with Crippen molar-refractivity contribution in [1.82, 2.24) is 0 Å². The molecule has 0 unspecified atom stereocenters. The number of nitrogens with one attached hydrogen (secondary N) is 1. The molecule has 0 aliphatic carbocycles. The smallest absolute Gasteiger partial charge is 0.369 e. The fourth-order valence-corrected chi connectivity index (χ4v) is 3.54. The predicted octanol–water partition coefficient (Wildman–Crippen LogP) is 1.70. The number of esters is 1. The van der Waals surface area contributed by atoms with Gasteiger partial charge >= 0.3 is 5.97 Å². The summed E-state index contributed by atoms with van der Waals surface area (Å²) in [5.74, 6) is 0.732. The Morgan fingerprint density at radius 2 is 1.73 bits per heavy atom. The van der Waals surface area contributed by atoms with E-state index in [0.717, 1.165) is 37.5 Å². The number of hydrogen-bond acceptors (Lipinski definition) is 4. The van der Waals surface area contributed by atoms with Gasteiger partial charge in [-0.3, -0.25) is 0 Å². The van der Waals surface area contributed by atoms with Crippen molar-refractivity contribution in [3.8, 4) is 5.75 Å². The third kappa shape index (κ3) is 4.17. The van der Waals surface area contributed by atoms with Gasteiger partial charge in [-0.2, -0.15) is 0 Å². The lowest BCUT2D eigenvalue weighted by molar-refractivity contribution is -0.923. The molecule has 1 heterocycles. The molecule has 1 fully saturated rings. The van der Waals surface area contributed by atoms with E-state index >= 15 is 0 Å². The lowest BCUT2D eigenvalue weighted by atomic mass is 10.0. The maximum Gasteiger partial charge on any atom is 0.369 e. The van der Waals surface area contributed by atoms with Crippen molar-refractivity contribution in [3.63, 3.8) is 0 Å². The van der Waals surface area contributed by atoms with Gasteiger partial charge in [0.15, 0.2) is 0 Å². The first kappa shape index (κ1) is 18.3. The largest absolute Gasteiger partial charge is 0.497 e. The quantitative estimate of drug-likeness (QED) is 0.801. The van der Waals surface area contributed by atoms with Crippen molar-refractivity contribution in [2.45, 2.75) is 13.0 Å². The molecule has 3 rings (SSSR count). The molecule has 138 valence electrons. The van der Waals surface area contributed by atoms with E-state index in [4.69, 9.17) is 9.47 Å². The normalized spacial score (nSPS) is 16.2. The van der Waals surface area contributed by atoms with Crippen LogP contribution in [-0.2, 0) is 9.53 Å². The highest BCUT2D eigenvalue weighted by molar-refractivity contribution is 5.76. The van der Waals surface area contributed by atoms with Crippen molar-refractivity contribution < 1.29 is 19.2 Å². The molecular formula is C21H27N2O3+. The fourth-order valence-electron chi connectivity index (χ4n) is 3.54.